The van der Waals surface area contributed by atoms with Gasteiger partial charge in [0.05, 0.1) is 5.92 Å². The van der Waals surface area contributed by atoms with Crippen molar-refractivity contribution in [2.24, 2.45) is 5.92 Å². The lowest BCUT2D eigenvalue weighted by molar-refractivity contribution is -0.142. The van der Waals surface area contributed by atoms with Crippen LogP contribution in [0.2, 0.25) is 0 Å². The lowest BCUT2D eigenvalue weighted by Gasteiger charge is -2.34. The molecule has 0 radical (unpaired) electrons. The smallest absolute Gasteiger partial charge is 0.318 e. The van der Waals surface area contributed by atoms with E-state index in [0.29, 0.717) is 25.9 Å². The van der Waals surface area contributed by atoms with Gasteiger partial charge in [-0.2, -0.15) is 0 Å². The Labute approximate surface area is 111 Å². The maximum absolute atomic E-state index is 12.1. The van der Waals surface area contributed by atoms with Crippen LogP contribution in [0.1, 0.15) is 26.2 Å². The topological polar surface area (TPSA) is 98.7 Å². The third-order valence-electron chi connectivity index (χ3n) is 3.90. The quantitative estimate of drug-likeness (QED) is 0.645. The number of urea groups is 1. The zero-order valence-electron chi connectivity index (χ0n) is 10.9. The van der Waals surface area contributed by atoms with Gasteiger partial charge in [-0.15, -0.1) is 0 Å². The first-order valence-electron chi connectivity index (χ1n) is 6.58. The summed E-state index contributed by atoms with van der Waals surface area (Å²) in [5, 5.41) is 14.5. The van der Waals surface area contributed by atoms with Crippen LogP contribution in [-0.2, 0) is 9.59 Å². The summed E-state index contributed by atoms with van der Waals surface area (Å²) in [5.74, 6) is -1.56. The van der Waals surface area contributed by atoms with E-state index in [4.69, 9.17) is 5.11 Å². The zero-order valence-corrected chi connectivity index (χ0v) is 10.9. The highest BCUT2D eigenvalue weighted by molar-refractivity contribution is 5.88. The number of piperazine rings is 1. The summed E-state index contributed by atoms with van der Waals surface area (Å²) in [6.07, 6.45) is 2.07. The SMILES string of the molecule is CC1C(=O)NCCN1C(=O)NC1CCCC1C(=O)O. The number of nitrogens with zero attached hydrogens (tertiary/aromatic N) is 1. The Morgan fingerprint density at radius 1 is 1.42 bits per heavy atom. The summed E-state index contributed by atoms with van der Waals surface area (Å²) in [7, 11) is 0. The molecule has 0 spiro atoms. The van der Waals surface area contributed by atoms with Crippen LogP contribution in [0.25, 0.3) is 0 Å². The van der Waals surface area contributed by atoms with Crippen LogP contribution < -0.4 is 10.6 Å². The number of hydrogen-bond donors (Lipinski definition) is 3. The minimum atomic E-state index is -0.868. The molecule has 0 bridgehead atoms. The molecule has 1 heterocycles. The van der Waals surface area contributed by atoms with Gasteiger partial charge in [0.1, 0.15) is 6.04 Å². The van der Waals surface area contributed by atoms with Gasteiger partial charge in [0.2, 0.25) is 5.91 Å². The minimum Gasteiger partial charge on any atom is -0.481 e. The zero-order chi connectivity index (χ0) is 14.0. The van der Waals surface area contributed by atoms with E-state index in [1.165, 1.54) is 4.90 Å². The average Bonchev–Trinajstić information content (AvgIpc) is 2.80. The third-order valence-corrected chi connectivity index (χ3v) is 3.90. The molecule has 19 heavy (non-hydrogen) atoms. The molecule has 2 aliphatic rings. The van der Waals surface area contributed by atoms with Gasteiger partial charge < -0.3 is 20.6 Å². The number of carbonyl (C=O) groups excluding carboxylic acids is 2. The molecule has 3 unspecified atom stereocenters. The summed E-state index contributed by atoms with van der Waals surface area (Å²) in [6.45, 7) is 2.55. The molecule has 2 fully saturated rings. The lowest BCUT2D eigenvalue weighted by atomic mass is 10.0. The van der Waals surface area contributed by atoms with Gasteiger partial charge in [0.15, 0.2) is 0 Å². The maximum atomic E-state index is 12.1. The van der Waals surface area contributed by atoms with Gasteiger partial charge in [0, 0.05) is 19.1 Å². The molecule has 0 aromatic rings. The van der Waals surface area contributed by atoms with Gasteiger partial charge >= 0.3 is 12.0 Å². The number of amides is 3. The van der Waals surface area contributed by atoms with Crippen molar-refractivity contribution in [3.63, 3.8) is 0 Å². The fourth-order valence-electron chi connectivity index (χ4n) is 2.73. The van der Waals surface area contributed by atoms with Gasteiger partial charge in [-0.1, -0.05) is 6.42 Å². The molecule has 1 saturated carbocycles. The second-order valence-corrected chi connectivity index (χ2v) is 5.09. The molecule has 0 aromatic heterocycles. The Morgan fingerprint density at radius 2 is 2.16 bits per heavy atom. The standard InChI is InChI=1S/C12H19N3O4/c1-7-10(16)13-5-6-15(7)12(19)14-9-4-2-3-8(9)11(17)18/h7-9H,2-6H2,1H3,(H,13,16)(H,14,19)(H,17,18). The Balaban J connectivity index is 1.97. The second-order valence-electron chi connectivity index (χ2n) is 5.09. The molecular formula is C12H19N3O4. The first-order valence-corrected chi connectivity index (χ1v) is 6.58. The molecule has 0 aromatic carbocycles. The molecule has 7 heteroatoms. The molecule has 2 rings (SSSR count). The first-order chi connectivity index (χ1) is 9.00. The monoisotopic (exact) mass is 269 g/mol. The first kappa shape index (κ1) is 13.6. The highest BCUT2D eigenvalue weighted by Crippen LogP contribution is 2.26. The van der Waals surface area contributed by atoms with Crippen LogP contribution in [0, 0.1) is 5.92 Å². The molecule has 3 atom stereocenters. The highest BCUT2D eigenvalue weighted by Gasteiger charge is 2.36. The molecule has 1 aliphatic heterocycles. The van der Waals surface area contributed by atoms with E-state index < -0.39 is 17.9 Å². The predicted molar refractivity (Wildman–Crippen MR) is 66.5 cm³/mol. The third kappa shape index (κ3) is 2.80. The molecule has 106 valence electrons. The van der Waals surface area contributed by atoms with Gasteiger partial charge in [0.25, 0.3) is 0 Å². The van der Waals surface area contributed by atoms with Crippen molar-refractivity contribution in [2.45, 2.75) is 38.3 Å². The molecule has 1 aliphatic carbocycles. The van der Waals surface area contributed by atoms with Crippen molar-refractivity contribution in [2.75, 3.05) is 13.1 Å². The summed E-state index contributed by atoms with van der Waals surface area (Å²) in [6, 6.07) is -1.19. The number of carboxylic acid groups (broad SMARTS) is 1. The van der Waals surface area contributed by atoms with E-state index in [-0.39, 0.29) is 18.0 Å². The summed E-state index contributed by atoms with van der Waals surface area (Å²) >= 11 is 0. The average molecular weight is 269 g/mol. The summed E-state index contributed by atoms with van der Waals surface area (Å²) < 4.78 is 0. The van der Waals surface area contributed by atoms with Gasteiger partial charge in [-0.05, 0) is 19.8 Å². The summed E-state index contributed by atoms with van der Waals surface area (Å²) in [4.78, 5) is 36.1. The van der Waals surface area contributed by atoms with Gasteiger partial charge in [-0.3, -0.25) is 9.59 Å². The van der Waals surface area contributed by atoms with E-state index >= 15 is 0 Å². The maximum Gasteiger partial charge on any atom is 0.318 e. The van der Waals surface area contributed by atoms with Crippen LogP contribution >= 0.6 is 0 Å². The fraction of sp³-hybridized carbons (Fsp3) is 0.750. The Hall–Kier alpha value is -1.79. The highest BCUT2D eigenvalue weighted by atomic mass is 16.4. The molecule has 3 amide bonds. The van der Waals surface area contributed by atoms with Crippen molar-refractivity contribution < 1.29 is 19.5 Å². The van der Waals surface area contributed by atoms with E-state index in [0.717, 1.165) is 6.42 Å². The minimum absolute atomic E-state index is 0.178. The predicted octanol–water partition coefficient (Wildman–Crippen LogP) is -0.230. The number of nitrogens with one attached hydrogen (secondary N) is 2. The van der Waals surface area contributed by atoms with Crippen molar-refractivity contribution in [3.05, 3.63) is 0 Å². The van der Waals surface area contributed by atoms with Crippen LogP contribution in [0.4, 0.5) is 4.79 Å². The molecule has 7 nitrogen and oxygen atoms in total. The second kappa shape index (κ2) is 5.46. The van der Waals surface area contributed by atoms with E-state index in [9.17, 15) is 14.4 Å². The molecule has 1 saturated heterocycles. The Morgan fingerprint density at radius 3 is 2.84 bits per heavy atom. The van der Waals surface area contributed by atoms with Crippen molar-refractivity contribution in [1.29, 1.82) is 0 Å². The molecular weight excluding hydrogens is 250 g/mol. The van der Waals surface area contributed by atoms with E-state index in [1.807, 2.05) is 0 Å². The number of aliphatic carboxylic acids is 1. The Bertz CT molecular complexity index is 398. The number of rotatable bonds is 2. The van der Waals surface area contributed by atoms with Crippen LogP contribution in [0.3, 0.4) is 0 Å². The van der Waals surface area contributed by atoms with Crippen LogP contribution in [0.5, 0.6) is 0 Å². The van der Waals surface area contributed by atoms with Crippen molar-refractivity contribution in [3.8, 4) is 0 Å². The number of carboxylic acids is 1. The largest absolute Gasteiger partial charge is 0.481 e. The van der Waals surface area contributed by atoms with Crippen molar-refractivity contribution >= 4 is 17.9 Å². The number of carbonyl (C=O) groups is 3. The van der Waals surface area contributed by atoms with Crippen LogP contribution in [0.15, 0.2) is 0 Å². The van der Waals surface area contributed by atoms with Crippen LogP contribution in [-0.4, -0.2) is 53.1 Å². The van der Waals surface area contributed by atoms with E-state index in [1.54, 1.807) is 6.92 Å². The molecule has 3 N–H and O–H groups in total. The Kier molecular flexibility index (Phi) is 3.92. The van der Waals surface area contributed by atoms with Crippen molar-refractivity contribution in [1.82, 2.24) is 15.5 Å². The lowest BCUT2D eigenvalue weighted by Crippen LogP contribution is -2.59. The summed E-state index contributed by atoms with van der Waals surface area (Å²) in [5.41, 5.74) is 0. The fourth-order valence-corrected chi connectivity index (χ4v) is 2.73. The number of hydrogen-bond acceptors (Lipinski definition) is 3. The van der Waals surface area contributed by atoms with Gasteiger partial charge in [-0.25, -0.2) is 4.79 Å². The van der Waals surface area contributed by atoms with E-state index in [2.05, 4.69) is 10.6 Å². The normalized spacial score (nSPS) is 30.9.